The van der Waals surface area contributed by atoms with E-state index in [1.807, 2.05) is 48.7 Å². The molecule has 0 aliphatic rings. The number of allylic oxidation sites excluding steroid dienone is 1. The molecule has 0 saturated carbocycles. The highest BCUT2D eigenvalue weighted by atomic mass is 16.5. The Balaban J connectivity index is 1.81. The molecule has 0 unspecified atom stereocenters. The first-order chi connectivity index (χ1) is 19.0. The molecule has 0 bridgehead atoms. The van der Waals surface area contributed by atoms with Crippen molar-refractivity contribution in [3.05, 3.63) is 78.0 Å². The number of carbonyl (C=O) groups excluding carboxylic acids is 1. The van der Waals surface area contributed by atoms with Crippen LogP contribution in [-0.4, -0.2) is 58.2 Å². The molecule has 1 heterocycles. The number of benzene rings is 3. The van der Waals surface area contributed by atoms with Crippen LogP contribution in [-0.2, 0) is 0 Å². The maximum absolute atomic E-state index is 13.2. The smallest absolute Gasteiger partial charge is 0.203 e. The number of methoxy groups -OCH3 is 6. The van der Waals surface area contributed by atoms with Gasteiger partial charge < -0.3 is 28.4 Å². The van der Waals surface area contributed by atoms with Crippen LogP contribution < -0.4 is 28.4 Å². The third kappa shape index (κ3) is 5.52. The van der Waals surface area contributed by atoms with Crippen molar-refractivity contribution in [2.75, 3.05) is 42.7 Å². The van der Waals surface area contributed by atoms with Crippen molar-refractivity contribution in [2.45, 2.75) is 0 Å². The third-order valence-corrected chi connectivity index (χ3v) is 6.06. The van der Waals surface area contributed by atoms with Gasteiger partial charge in [-0.05, 0) is 48.6 Å². The Bertz CT molecular complexity index is 1440. The molecule has 0 atom stereocenters. The molecule has 4 rings (SSSR count). The Hall–Kier alpha value is -4.92. The number of carbonyl (C=O) groups is 1. The topological polar surface area (TPSA) is 90.3 Å². The summed E-state index contributed by atoms with van der Waals surface area (Å²) in [5, 5.41) is 4.83. The molecule has 0 aliphatic carbocycles. The normalized spacial score (nSPS) is 10.8. The first-order valence-corrected chi connectivity index (χ1v) is 12.0. The van der Waals surface area contributed by atoms with Crippen molar-refractivity contribution < 1.29 is 33.2 Å². The highest BCUT2D eigenvalue weighted by Crippen LogP contribution is 2.42. The minimum atomic E-state index is -0.252. The number of aromatic nitrogens is 2. The van der Waals surface area contributed by atoms with Crippen LogP contribution in [0.15, 0.2) is 66.9 Å². The largest absolute Gasteiger partial charge is 0.493 e. The highest BCUT2D eigenvalue weighted by molar-refractivity contribution is 6.08. The minimum Gasteiger partial charge on any atom is -0.493 e. The maximum atomic E-state index is 13.2. The summed E-state index contributed by atoms with van der Waals surface area (Å²) in [7, 11) is 9.18. The molecule has 0 amide bonds. The average Bonchev–Trinajstić information content (AvgIpc) is 3.42. The lowest BCUT2D eigenvalue weighted by molar-refractivity contribution is 0.104. The highest BCUT2D eigenvalue weighted by Gasteiger charge is 2.19. The van der Waals surface area contributed by atoms with E-state index in [1.54, 1.807) is 44.2 Å². The number of rotatable bonds is 11. The second-order valence-electron chi connectivity index (χ2n) is 8.24. The van der Waals surface area contributed by atoms with Crippen molar-refractivity contribution in [2.24, 2.45) is 0 Å². The van der Waals surface area contributed by atoms with E-state index in [1.165, 1.54) is 27.4 Å². The first-order valence-electron chi connectivity index (χ1n) is 12.0. The van der Waals surface area contributed by atoms with Gasteiger partial charge in [-0.25, -0.2) is 4.68 Å². The van der Waals surface area contributed by atoms with Crippen molar-refractivity contribution in [1.82, 2.24) is 9.78 Å². The fourth-order valence-corrected chi connectivity index (χ4v) is 4.15. The molecule has 0 spiro atoms. The van der Waals surface area contributed by atoms with Crippen LogP contribution in [0.5, 0.6) is 34.5 Å². The molecule has 9 nitrogen and oxygen atoms in total. The van der Waals surface area contributed by atoms with Gasteiger partial charge in [-0.3, -0.25) is 4.79 Å². The summed E-state index contributed by atoms with van der Waals surface area (Å²) in [6.45, 7) is 0. The zero-order chi connectivity index (χ0) is 27.9. The molecular formula is C30H30N2O7. The molecule has 0 radical (unpaired) electrons. The van der Waals surface area contributed by atoms with E-state index < -0.39 is 0 Å². The van der Waals surface area contributed by atoms with Gasteiger partial charge in [0.1, 0.15) is 5.69 Å². The fourth-order valence-electron chi connectivity index (χ4n) is 4.15. The number of hydrogen-bond acceptors (Lipinski definition) is 8. The second-order valence-corrected chi connectivity index (χ2v) is 8.24. The molecule has 0 saturated heterocycles. The molecule has 3 aromatic carbocycles. The van der Waals surface area contributed by atoms with Crippen molar-refractivity contribution in [3.63, 3.8) is 0 Å². The molecule has 9 heteroatoms. The average molecular weight is 531 g/mol. The molecule has 0 N–H and O–H groups in total. The van der Waals surface area contributed by atoms with Crippen LogP contribution in [0.25, 0.3) is 23.0 Å². The lowest BCUT2D eigenvalue weighted by Gasteiger charge is -2.13. The number of para-hydroxylation sites is 1. The first kappa shape index (κ1) is 27.1. The van der Waals surface area contributed by atoms with Gasteiger partial charge in [-0.1, -0.05) is 18.2 Å². The van der Waals surface area contributed by atoms with E-state index in [9.17, 15) is 4.79 Å². The molecular weight excluding hydrogens is 500 g/mol. The molecule has 202 valence electrons. The predicted octanol–water partition coefficient (Wildman–Crippen LogP) is 5.49. The van der Waals surface area contributed by atoms with Gasteiger partial charge in [-0.15, -0.1) is 0 Å². The van der Waals surface area contributed by atoms with Crippen LogP contribution in [0.3, 0.4) is 0 Å². The minimum absolute atomic E-state index is 0.252. The summed E-state index contributed by atoms with van der Waals surface area (Å²) in [5.41, 5.74) is 3.28. The van der Waals surface area contributed by atoms with Gasteiger partial charge in [0.25, 0.3) is 0 Å². The van der Waals surface area contributed by atoms with E-state index in [-0.39, 0.29) is 5.78 Å². The Morgan fingerprint density at radius 1 is 0.718 bits per heavy atom. The second kappa shape index (κ2) is 12.1. The third-order valence-electron chi connectivity index (χ3n) is 6.06. The van der Waals surface area contributed by atoms with E-state index in [4.69, 9.17) is 33.5 Å². The maximum Gasteiger partial charge on any atom is 0.203 e. The summed E-state index contributed by atoms with van der Waals surface area (Å²) in [6.07, 6.45) is 5.05. The van der Waals surface area contributed by atoms with Crippen LogP contribution in [0.2, 0.25) is 0 Å². The number of hydrogen-bond donors (Lipinski definition) is 0. The molecule has 1 aromatic heterocycles. The fraction of sp³-hybridized carbons (Fsp3) is 0.200. The summed E-state index contributed by atoms with van der Waals surface area (Å²) in [4.78, 5) is 13.2. The summed E-state index contributed by atoms with van der Waals surface area (Å²) < 4.78 is 34.5. The van der Waals surface area contributed by atoms with Gasteiger partial charge in [-0.2, -0.15) is 5.10 Å². The van der Waals surface area contributed by atoms with Crippen molar-refractivity contribution in [1.29, 1.82) is 0 Å². The van der Waals surface area contributed by atoms with Gasteiger partial charge in [0.2, 0.25) is 11.5 Å². The zero-order valence-electron chi connectivity index (χ0n) is 22.7. The van der Waals surface area contributed by atoms with E-state index in [2.05, 4.69) is 0 Å². The van der Waals surface area contributed by atoms with Gasteiger partial charge in [0.15, 0.2) is 28.8 Å². The van der Waals surface area contributed by atoms with E-state index >= 15 is 0 Å². The summed E-state index contributed by atoms with van der Waals surface area (Å²) >= 11 is 0. The van der Waals surface area contributed by atoms with Crippen LogP contribution in [0, 0.1) is 0 Å². The lowest BCUT2D eigenvalue weighted by atomic mass is 10.0. The Morgan fingerprint density at radius 2 is 1.23 bits per heavy atom. The molecule has 4 aromatic rings. The molecule has 39 heavy (non-hydrogen) atoms. The molecule has 0 aliphatic heterocycles. The Labute approximate surface area is 227 Å². The van der Waals surface area contributed by atoms with Crippen LogP contribution in [0.1, 0.15) is 15.9 Å². The van der Waals surface area contributed by atoms with Gasteiger partial charge in [0.05, 0.1) is 48.3 Å². The van der Waals surface area contributed by atoms with E-state index in [0.717, 1.165) is 11.3 Å². The van der Waals surface area contributed by atoms with Crippen molar-refractivity contribution >= 4 is 11.9 Å². The monoisotopic (exact) mass is 530 g/mol. The molecule has 0 fully saturated rings. The zero-order valence-corrected chi connectivity index (χ0v) is 22.7. The lowest BCUT2D eigenvalue weighted by Crippen LogP contribution is -2.00. The Morgan fingerprint density at radius 3 is 1.72 bits per heavy atom. The Kier molecular flexibility index (Phi) is 8.40. The number of nitrogens with zero attached hydrogens (tertiary/aromatic N) is 2. The number of ketones is 1. The van der Waals surface area contributed by atoms with Crippen molar-refractivity contribution in [3.8, 4) is 51.4 Å². The summed E-state index contributed by atoms with van der Waals surface area (Å²) in [6, 6.07) is 16.5. The van der Waals surface area contributed by atoms with Crippen LogP contribution >= 0.6 is 0 Å². The van der Waals surface area contributed by atoms with Gasteiger partial charge >= 0.3 is 0 Å². The van der Waals surface area contributed by atoms with Crippen LogP contribution in [0.4, 0.5) is 0 Å². The predicted molar refractivity (Wildman–Crippen MR) is 148 cm³/mol. The van der Waals surface area contributed by atoms with Gasteiger partial charge in [0, 0.05) is 22.9 Å². The quantitative estimate of drug-likeness (QED) is 0.186. The van der Waals surface area contributed by atoms with E-state index in [0.29, 0.717) is 51.3 Å². The standard InChI is InChI=1S/C30H30N2O7/c1-34-24-14-20(15-25(35-2)29(24)38-5)23(33)13-12-19-18-32(22-10-8-7-9-11-22)31-28(19)21-16-26(36-3)30(39-6)27(17-21)37-4/h7-18H,1-6H3/b13-12-. The SMILES string of the molecule is COc1cc(C(=O)/C=C\c2cn(-c3ccccc3)nc2-c2cc(OC)c(OC)c(OC)c2)cc(OC)c1OC. The summed E-state index contributed by atoms with van der Waals surface area (Å²) in [5.74, 6) is 2.40. The number of ether oxygens (including phenoxy) is 6.